The number of allylic oxidation sites excluding steroid dienone is 22. The van der Waals surface area contributed by atoms with Crippen molar-refractivity contribution in [2.45, 2.75) is 232 Å². The Labute approximate surface area is 471 Å². The van der Waals surface area contributed by atoms with Gasteiger partial charge in [-0.15, -0.1) is 0 Å². The third-order valence-corrected chi connectivity index (χ3v) is 12.4. The van der Waals surface area contributed by atoms with Crippen molar-refractivity contribution in [1.82, 2.24) is 0 Å². The molecule has 0 radical (unpaired) electrons. The SMILES string of the molecule is CC/C=C\C/C=C\C/C=C\C/C=C\C/C=C\C/C=C\CCC(=O)OC(COC(=O)CCCCCCCCCCCCCCCCCCC/C=C\C/C=C\C/C=C\C/C=C\C/C=C\CC)COC(OCC[N+](C)(C)C)C(=O)O. The van der Waals surface area contributed by atoms with Crippen LogP contribution in [0.15, 0.2) is 134 Å². The Bertz CT molecular complexity index is 1720. The van der Waals surface area contributed by atoms with Crippen LogP contribution in [-0.2, 0) is 33.3 Å². The van der Waals surface area contributed by atoms with Crippen LogP contribution in [0.5, 0.6) is 0 Å². The number of nitrogens with zero attached hydrogens (tertiary/aromatic N) is 1. The zero-order valence-electron chi connectivity index (χ0n) is 49.6. The Morgan fingerprint density at radius 1 is 0.390 bits per heavy atom. The number of rotatable bonds is 54. The van der Waals surface area contributed by atoms with E-state index in [9.17, 15) is 19.5 Å². The van der Waals surface area contributed by atoms with E-state index in [0.29, 0.717) is 17.4 Å². The molecule has 0 saturated carbocycles. The van der Waals surface area contributed by atoms with Crippen LogP contribution >= 0.6 is 0 Å². The highest BCUT2D eigenvalue weighted by atomic mass is 16.7. The van der Waals surface area contributed by atoms with Crippen molar-refractivity contribution in [3.05, 3.63) is 134 Å². The predicted molar refractivity (Wildman–Crippen MR) is 327 cm³/mol. The van der Waals surface area contributed by atoms with Crippen LogP contribution in [0.1, 0.15) is 219 Å². The lowest BCUT2D eigenvalue weighted by Crippen LogP contribution is -2.40. The van der Waals surface area contributed by atoms with Crippen molar-refractivity contribution in [2.75, 3.05) is 47.5 Å². The van der Waals surface area contributed by atoms with Crippen molar-refractivity contribution in [1.29, 1.82) is 0 Å². The van der Waals surface area contributed by atoms with E-state index in [1.165, 1.54) is 96.3 Å². The van der Waals surface area contributed by atoms with E-state index in [1.54, 1.807) is 0 Å². The van der Waals surface area contributed by atoms with Gasteiger partial charge in [-0.1, -0.05) is 244 Å². The van der Waals surface area contributed by atoms with Gasteiger partial charge >= 0.3 is 17.9 Å². The monoisotopic (exact) mass is 1070 g/mol. The van der Waals surface area contributed by atoms with Crippen molar-refractivity contribution in [3.63, 3.8) is 0 Å². The average Bonchev–Trinajstić information content (AvgIpc) is 3.40. The van der Waals surface area contributed by atoms with E-state index in [0.717, 1.165) is 89.9 Å². The topological polar surface area (TPSA) is 108 Å². The third kappa shape index (κ3) is 58.9. The van der Waals surface area contributed by atoms with Crippen LogP contribution in [-0.4, -0.2) is 87.4 Å². The zero-order chi connectivity index (χ0) is 56.2. The Morgan fingerprint density at radius 3 is 1.09 bits per heavy atom. The Balaban J connectivity index is 4.21. The quantitative estimate of drug-likeness (QED) is 0.0211. The molecule has 9 heteroatoms. The van der Waals surface area contributed by atoms with Gasteiger partial charge in [0.15, 0.2) is 6.10 Å². The smallest absolute Gasteiger partial charge is 0.361 e. The van der Waals surface area contributed by atoms with Gasteiger partial charge < -0.3 is 28.5 Å². The van der Waals surface area contributed by atoms with E-state index in [4.69, 9.17) is 18.9 Å². The standard InChI is InChI=1S/C68H111NO8/c1-6-8-10-12-14-16-18-20-22-24-26-27-28-29-30-31-32-33-34-35-36-37-38-39-41-42-44-46-48-50-52-54-56-58-65(70)75-62-64(63-76-68(67(72)73)74-61-60-69(3,4)5)77-66(71)59-57-55-53-51-49-47-45-43-40-25-23-21-19-17-15-13-11-9-7-2/h8-11,14-17,20-23,26-27,29-30,40,43,47,49,53,55,64,68H,6-7,12-13,18-19,24-25,28,31-39,41-42,44-46,48,50-52,54,56-63H2,1-5H3/p+1/b10-8-,11-9-,16-14-,17-15-,22-20-,23-21-,27-26-,30-29-,43-40-,49-47-,55-53-. The molecule has 1 N–H and O–H groups in total. The van der Waals surface area contributed by atoms with Gasteiger partial charge in [-0.3, -0.25) is 9.59 Å². The number of hydrogen-bond acceptors (Lipinski definition) is 7. The maximum atomic E-state index is 12.8. The van der Waals surface area contributed by atoms with Gasteiger partial charge in [0.2, 0.25) is 0 Å². The fourth-order valence-electron chi connectivity index (χ4n) is 7.83. The maximum absolute atomic E-state index is 12.8. The van der Waals surface area contributed by atoms with E-state index in [2.05, 4.69) is 135 Å². The molecule has 0 rings (SSSR count). The molecule has 2 unspecified atom stereocenters. The van der Waals surface area contributed by atoms with E-state index < -0.39 is 24.3 Å². The predicted octanol–water partition coefficient (Wildman–Crippen LogP) is 18.2. The number of hydrogen-bond donors (Lipinski definition) is 1. The summed E-state index contributed by atoms with van der Waals surface area (Å²) in [5.41, 5.74) is 0. The van der Waals surface area contributed by atoms with Gasteiger partial charge in [-0.2, -0.15) is 0 Å². The van der Waals surface area contributed by atoms with Gasteiger partial charge in [0.05, 0.1) is 34.4 Å². The molecule has 0 fully saturated rings. The van der Waals surface area contributed by atoms with Crippen molar-refractivity contribution < 1.29 is 42.9 Å². The molecule has 0 aliphatic heterocycles. The average molecular weight is 1070 g/mol. The van der Waals surface area contributed by atoms with Crippen LogP contribution in [0.2, 0.25) is 0 Å². The third-order valence-electron chi connectivity index (χ3n) is 12.4. The van der Waals surface area contributed by atoms with Crippen LogP contribution < -0.4 is 0 Å². The van der Waals surface area contributed by atoms with Crippen molar-refractivity contribution >= 4 is 17.9 Å². The zero-order valence-corrected chi connectivity index (χ0v) is 49.6. The van der Waals surface area contributed by atoms with Crippen LogP contribution in [0.3, 0.4) is 0 Å². The number of carbonyl (C=O) groups is 3. The molecule has 2 atom stereocenters. The molecule has 0 saturated heterocycles. The van der Waals surface area contributed by atoms with Gasteiger partial charge in [-0.25, -0.2) is 4.79 Å². The lowest BCUT2D eigenvalue weighted by atomic mass is 10.0. The molecule has 0 amide bonds. The van der Waals surface area contributed by atoms with Crippen LogP contribution in [0.25, 0.3) is 0 Å². The van der Waals surface area contributed by atoms with E-state index >= 15 is 0 Å². The molecule has 0 aromatic rings. The molecule has 0 spiro atoms. The summed E-state index contributed by atoms with van der Waals surface area (Å²) in [4.78, 5) is 37.4. The van der Waals surface area contributed by atoms with Crippen LogP contribution in [0, 0.1) is 0 Å². The first-order valence-electron chi connectivity index (χ1n) is 30.3. The molecule has 77 heavy (non-hydrogen) atoms. The summed E-state index contributed by atoms with van der Waals surface area (Å²) in [6.07, 6.45) is 79.9. The number of aliphatic carboxylic acids is 1. The Morgan fingerprint density at radius 2 is 0.727 bits per heavy atom. The van der Waals surface area contributed by atoms with Crippen molar-refractivity contribution in [2.24, 2.45) is 0 Å². The first kappa shape index (κ1) is 72.4. The highest BCUT2D eigenvalue weighted by molar-refractivity contribution is 5.71. The second-order valence-corrected chi connectivity index (χ2v) is 20.9. The van der Waals surface area contributed by atoms with E-state index in [1.807, 2.05) is 33.3 Å². The molecule has 0 aliphatic rings. The molecule has 9 nitrogen and oxygen atoms in total. The maximum Gasteiger partial charge on any atom is 0.361 e. The fraction of sp³-hybridized carbons (Fsp3) is 0.632. The second-order valence-electron chi connectivity index (χ2n) is 20.9. The summed E-state index contributed by atoms with van der Waals surface area (Å²) < 4.78 is 22.8. The minimum Gasteiger partial charge on any atom is -0.477 e. The highest BCUT2D eigenvalue weighted by Crippen LogP contribution is 2.16. The second kappa shape index (κ2) is 57.6. The summed E-state index contributed by atoms with van der Waals surface area (Å²) in [6, 6.07) is 0. The summed E-state index contributed by atoms with van der Waals surface area (Å²) in [5.74, 6) is -2.13. The minimum absolute atomic E-state index is 0.129. The van der Waals surface area contributed by atoms with Crippen molar-refractivity contribution in [3.8, 4) is 0 Å². The number of carboxylic acids is 1. The molecule has 0 aliphatic carbocycles. The lowest BCUT2D eigenvalue weighted by Gasteiger charge is -2.25. The van der Waals surface area contributed by atoms with E-state index in [-0.39, 0.29) is 38.6 Å². The fourth-order valence-corrected chi connectivity index (χ4v) is 7.83. The summed E-state index contributed by atoms with van der Waals surface area (Å²) in [7, 11) is 5.94. The normalized spacial score (nSPS) is 13.7. The molecule has 0 aromatic carbocycles. The Hall–Kier alpha value is -4.57. The minimum atomic E-state index is -1.54. The highest BCUT2D eigenvalue weighted by Gasteiger charge is 2.25. The summed E-state index contributed by atoms with van der Waals surface area (Å²) >= 11 is 0. The molecular formula is C68H112NO8+. The number of carboxylic acid groups (broad SMARTS) is 1. The van der Waals surface area contributed by atoms with Gasteiger partial charge in [0.1, 0.15) is 13.2 Å². The first-order valence-corrected chi connectivity index (χ1v) is 30.3. The molecule has 0 bridgehead atoms. The van der Waals surface area contributed by atoms with Crippen LogP contribution in [0.4, 0.5) is 0 Å². The lowest BCUT2D eigenvalue weighted by molar-refractivity contribution is -0.870. The molecule has 0 heterocycles. The summed E-state index contributed by atoms with van der Waals surface area (Å²) in [6.45, 7) is 4.55. The van der Waals surface area contributed by atoms with Gasteiger partial charge in [0.25, 0.3) is 6.29 Å². The summed E-state index contributed by atoms with van der Waals surface area (Å²) in [5, 5.41) is 9.70. The van der Waals surface area contributed by atoms with Gasteiger partial charge in [0, 0.05) is 12.8 Å². The first-order chi connectivity index (χ1) is 37.6. The number of unbranched alkanes of at least 4 members (excludes halogenated alkanes) is 17. The Kier molecular flexibility index (Phi) is 54.2. The molecule has 0 aromatic heterocycles. The van der Waals surface area contributed by atoms with Gasteiger partial charge in [-0.05, 0) is 96.3 Å². The number of quaternary nitrogens is 1. The molecular weight excluding hydrogens is 959 g/mol. The number of ether oxygens (including phenoxy) is 4. The largest absolute Gasteiger partial charge is 0.477 e. The molecule has 436 valence electrons. The number of carbonyl (C=O) groups excluding carboxylic acids is 2. The number of likely N-dealkylation sites (N-methyl/N-ethyl adjacent to an activating group) is 1. The number of esters is 2.